The van der Waals surface area contributed by atoms with Crippen molar-refractivity contribution in [3.8, 4) is 0 Å². The van der Waals surface area contributed by atoms with Crippen LogP contribution in [0.5, 0.6) is 0 Å². The molecule has 106 valence electrons. The van der Waals surface area contributed by atoms with E-state index in [0.29, 0.717) is 16.7 Å². The summed E-state index contributed by atoms with van der Waals surface area (Å²) in [4.78, 5) is 11.5. The van der Waals surface area contributed by atoms with Crippen LogP contribution in [-0.4, -0.2) is 31.9 Å². The lowest BCUT2D eigenvalue weighted by Crippen LogP contribution is -2.20. The molecule has 0 fully saturated rings. The SMILES string of the molecule is CCOC(=O)CS(=O)(=O)c1c(C)cc(CO)cc1C. The van der Waals surface area contributed by atoms with Gasteiger partial charge in [-0.1, -0.05) is 12.1 Å². The van der Waals surface area contributed by atoms with Gasteiger partial charge in [0.05, 0.1) is 18.1 Å². The number of carbonyl (C=O) groups excluding carboxylic acids is 1. The Morgan fingerprint density at radius 3 is 2.21 bits per heavy atom. The second kappa shape index (κ2) is 6.16. The Morgan fingerprint density at radius 2 is 1.79 bits per heavy atom. The summed E-state index contributed by atoms with van der Waals surface area (Å²) in [5.41, 5.74) is 1.69. The molecule has 1 aromatic rings. The summed E-state index contributed by atoms with van der Waals surface area (Å²) in [5.74, 6) is -1.42. The fourth-order valence-electron chi connectivity index (χ4n) is 2.05. The smallest absolute Gasteiger partial charge is 0.321 e. The van der Waals surface area contributed by atoms with E-state index in [4.69, 9.17) is 5.11 Å². The van der Waals surface area contributed by atoms with Crippen molar-refractivity contribution in [3.63, 3.8) is 0 Å². The predicted octanol–water partition coefficient (Wildman–Crippen LogP) is 1.13. The second-order valence-corrected chi connectivity index (χ2v) is 6.21. The maximum absolute atomic E-state index is 12.2. The normalized spacial score (nSPS) is 11.4. The van der Waals surface area contributed by atoms with Gasteiger partial charge in [-0.3, -0.25) is 4.79 Å². The first-order chi connectivity index (χ1) is 8.81. The zero-order valence-corrected chi connectivity index (χ0v) is 12.1. The number of esters is 1. The van der Waals surface area contributed by atoms with Gasteiger partial charge in [0, 0.05) is 0 Å². The average molecular weight is 286 g/mol. The van der Waals surface area contributed by atoms with Crippen LogP contribution in [0.25, 0.3) is 0 Å². The average Bonchev–Trinajstić information content (AvgIpc) is 2.26. The van der Waals surface area contributed by atoms with Crippen LogP contribution in [-0.2, 0) is 26.0 Å². The van der Waals surface area contributed by atoms with Gasteiger partial charge >= 0.3 is 5.97 Å². The molecule has 1 rings (SSSR count). The molecule has 0 saturated heterocycles. The summed E-state index contributed by atoms with van der Waals surface area (Å²) < 4.78 is 29.1. The molecule has 0 aliphatic rings. The molecule has 0 unspecified atom stereocenters. The Kier molecular flexibility index (Phi) is 5.08. The lowest BCUT2D eigenvalue weighted by Gasteiger charge is -2.12. The Labute approximate surface area is 113 Å². The highest BCUT2D eigenvalue weighted by Crippen LogP contribution is 2.23. The number of benzene rings is 1. The number of ether oxygens (including phenoxy) is 1. The van der Waals surface area contributed by atoms with E-state index in [1.54, 1.807) is 32.9 Å². The van der Waals surface area contributed by atoms with Crippen LogP contribution in [0.15, 0.2) is 17.0 Å². The molecule has 0 bridgehead atoms. The number of aryl methyl sites for hydroxylation is 2. The molecule has 0 aliphatic heterocycles. The number of hydrogen-bond donors (Lipinski definition) is 1. The van der Waals surface area contributed by atoms with Crippen molar-refractivity contribution in [1.82, 2.24) is 0 Å². The molecule has 0 amide bonds. The summed E-state index contributed by atoms with van der Waals surface area (Å²) in [6.07, 6.45) is 0. The fraction of sp³-hybridized carbons (Fsp3) is 0.462. The summed E-state index contributed by atoms with van der Waals surface area (Å²) in [7, 11) is -3.72. The molecule has 0 spiro atoms. The monoisotopic (exact) mass is 286 g/mol. The third kappa shape index (κ3) is 3.78. The topological polar surface area (TPSA) is 80.7 Å². The van der Waals surface area contributed by atoms with Crippen molar-refractivity contribution >= 4 is 15.8 Å². The highest BCUT2D eigenvalue weighted by atomic mass is 32.2. The first-order valence-corrected chi connectivity index (χ1v) is 7.56. The number of rotatable bonds is 5. The Morgan fingerprint density at radius 1 is 1.26 bits per heavy atom. The van der Waals surface area contributed by atoms with Crippen LogP contribution in [0.3, 0.4) is 0 Å². The minimum Gasteiger partial charge on any atom is -0.465 e. The summed E-state index contributed by atoms with van der Waals surface area (Å²) in [6, 6.07) is 3.20. The van der Waals surface area contributed by atoms with Gasteiger partial charge < -0.3 is 9.84 Å². The Bertz CT molecular complexity index is 552. The molecule has 6 heteroatoms. The molecule has 0 aliphatic carbocycles. The van der Waals surface area contributed by atoms with Crippen LogP contribution in [0.2, 0.25) is 0 Å². The van der Waals surface area contributed by atoms with Gasteiger partial charge in [-0.2, -0.15) is 0 Å². The number of hydrogen-bond acceptors (Lipinski definition) is 5. The highest BCUT2D eigenvalue weighted by Gasteiger charge is 2.24. The standard InChI is InChI=1S/C13H18O5S/c1-4-18-12(15)8-19(16,17)13-9(2)5-11(7-14)6-10(13)3/h5-6,14H,4,7-8H2,1-3H3. The van der Waals surface area contributed by atoms with Gasteiger partial charge in [0.2, 0.25) is 0 Å². The van der Waals surface area contributed by atoms with E-state index in [1.165, 1.54) is 0 Å². The summed E-state index contributed by atoms with van der Waals surface area (Å²) in [6.45, 7) is 4.90. The second-order valence-electron chi connectivity index (χ2n) is 4.28. The molecule has 0 aromatic heterocycles. The molecular formula is C13H18O5S. The number of carbonyl (C=O) groups is 1. The minimum atomic E-state index is -3.72. The first-order valence-electron chi connectivity index (χ1n) is 5.91. The van der Waals surface area contributed by atoms with E-state index in [-0.39, 0.29) is 18.1 Å². The zero-order valence-electron chi connectivity index (χ0n) is 11.3. The van der Waals surface area contributed by atoms with Crippen LogP contribution < -0.4 is 0 Å². The fourth-order valence-corrected chi connectivity index (χ4v) is 3.69. The molecule has 5 nitrogen and oxygen atoms in total. The first kappa shape index (κ1) is 15.7. The van der Waals surface area contributed by atoms with Crippen molar-refractivity contribution < 1.29 is 23.1 Å². The third-order valence-electron chi connectivity index (χ3n) is 2.63. The van der Waals surface area contributed by atoms with Crippen molar-refractivity contribution in [2.24, 2.45) is 0 Å². The number of sulfone groups is 1. The largest absolute Gasteiger partial charge is 0.465 e. The van der Waals surface area contributed by atoms with Gasteiger partial charge in [-0.15, -0.1) is 0 Å². The van der Waals surface area contributed by atoms with Gasteiger partial charge in [0.15, 0.2) is 15.6 Å². The quantitative estimate of drug-likeness (QED) is 0.821. The van der Waals surface area contributed by atoms with E-state index in [9.17, 15) is 13.2 Å². The van der Waals surface area contributed by atoms with Crippen LogP contribution in [0.1, 0.15) is 23.6 Å². The van der Waals surface area contributed by atoms with Crippen LogP contribution in [0, 0.1) is 13.8 Å². The summed E-state index contributed by atoms with van der Waals surface area (Å²) >= 11 is 0. The molecule has 0 saturated carbocycles. The molecule has 0 heterocycles. The van der Waals surface area contributed by atoms with Gasteiger partial charge in [-0.25, -0.2) is 8.42 Å². The van der Waals surface area contributed by atoms with Crippen LogP contribution >= 0.6 is 0 Å². The maximum atomic E-state index is 12.2. The lowest BCUT2D eigenvalue weighted by atomic mass is 10.1. The predicted molar refractivity (Wildman–Crippen MR) is 70.5 cm³/mol. The number of aliphatic hydroxyl groups excluding tert-OH is 1. The van der Waals surface area contributed by atoms with E-state index >= 15 is 0 Å². The van der Waals surface area contributed by atoms with Crippen molar-refractivity contribution in [2.45, 2.75) is 32.3 Å². The Hall–Kier alpha value is -1.40. The van der Waals surface area contributed by atoms with Crippen molar-refractivity contribution in [2.75, 3.05) is 12.4 Å². The molecular weight excluding hydrogens is 268 g/mol. The zero-order chi connectivity index (χ0) is 14.6. The molecule has 19 heavy (non-hydrogen) atoms. The highest BCUT2D eigenvalue weighted by molar-refractivity contribution is 7.92. The minimum absolute atomic E-state index is 0.137. The number of aliphatic hydroxyl groups is 1. The van der Waals surface area contributed by atoms with E-state index in [0.717, 1.165) is 0 Å². The van der Waals surface area contributed by atoms with Crippen molar-refractivity contribution in [1.29, 1.82) is 0 Å². The lowest BCUT2D eigenvalue weighted by molar-refractivity contribution is -0.139. The van der Waals surface area contributed by atoms with Gasteiger partial charge in [0.1, 0.15) is 0 Å². The summed E-state index contributed by atoms with van der Waals surface area (Å²) in [5, 5.41) is 9.07. The molecule has 0 atom stereocenters. The van der Waals surface area contributed by atoms with Crippen molar-refractivity contribution in [3.05, 3.63) is 28.8 Å². The van der Waals surface area contributed by atoms with E-state index in [1.807, 2.05) is 0 Å². The maximum Gasteiger partial charge on any atom is 0.321 e. The van der Waals surface area contributed by atoms with Gasteiger partial charge in [-0.05, 0) is 37.5 Å². The molecule has 1 aromatic carbocycles. The molecule has 0 radical (unpaired) electrons. The van der Waals surface area contributed by atoms with Gasteiger partial charge in [0.25, 0.3) is 0 Å². The Balaban J connectivity index is 3.18. The molecule has 1 N–H and O–H groups in total. The van der Waals surface area contributed by atoms with E-state index < -0.39 is 21.6 Å². The van der Waals surface area contributed by atoms with Crippen LogP contribution in [0.4, 0.5) is 0 Å². The third-order valence-corrected chi connectivity index (χ3v) is 4.51. The van der Waals surface area contributed by atoms with E-state index in [2.05, 4.69) is 4.74 Å².